The van der Waals surface area contributed by atoms with E-state index in [1.165, 1.54) is 5.56 Å². The molecule has 0 spiro atoms. The van der Waals surface area contributed by atoms with Gasteiger partial charge in [-0.15, -0.1) is 0 Å². The van der Waals surface area contributed by atoms with Crippen molar-refractivity contribution in [1.29, 1.82) is 0 Å². The van der Waals surface area contributed by atoms with E-state index in [-0.39, 0.29) is 6.04 Å². The van der Waals surface area contributed by atoms with E-state index in [9.17, 15) is 0 Å². The van der Waals surface area contributed by atoms with Crippen LogP contribution in [-0.4, -0.2) is 37.7 Å². The molecule has 2 N–H and O–H groups in total. The van der Waals surface area contributed by atoms with Crippen molar-refractivity contribution in [2.75, 3.05) is 32.8 Å². The fourth-order valence-electron chi connectivity index (χ4n) is 2.01. The Morgan fingerprint density at radius 2 is 1.88 bits per heavy atom. The lowest BCUT2D eigenvalue weighted by molar-refractivity contribution is 0.0366. The first-order valence-corrected chi connectivity index (χ1v) is 5.97. The molecule has 0 amide bonds. The van der Waals surface area contributed by atoms with Crippen LogP contribution in [0.2, 0.25) is 0 Å². The van der Waals surface area contributed by atoms with E-state index in [1.807, 2.05) is 18.2 Å². The summed E-state index contributed by atoms with van der Waals surface area (Å²) in [6.45, 7) is 4.88. The van der Waals surface area contributed by atoms with Crippen molar-refractivity contribution in [1.82, 2.24) is 4.90 Å². The van der Waals surface area contributed by atoms with Gasteiger partial charge in [0, 0.05) is 25.7 Å². The van der Waals surface area contributed by atoms with Gasteiger partial charge in [-0.25, -0.2) is 0 Å². The van der Waals surface area contributed by atoms with E-state index < -0.39 is 0 Å². The average Bonchev–Trinajstić information content (AvgIpc) is 2.38. The zero-order valence-electron chi connectivity index (χ0n) is 9.64. The third-order valence-corrected chi connectivity index (χ3v) is 3.09. The minimum Gasteiger partial charge on any atom is -0.379 e. The molecule has 0 unspecified atom stereocenters. The van der Waals surface area contributed by atoms with Gasteiger partial charge in [-0.1, -0.05) is 30.3 Å². The number of hydrogen-bond donors (Lipinski definition) is 1. The molecule has 1 aliphatic rings. The Morgan fingerprint density at radius 3 is 2.56 bits per heavy atom. The summed E-state index contributed by atoms with van der Waals surface area (Å²) >= 11 is 0. The Hall–Kier alpha value is -0.900. The van der Waals surface area contributed by atoms with Gasteiger partial charge in [0.1, 0.15) is 0 Å². The molecule has 1 aromatic carbocycles. The van der Waals surface area contributed by atoms with Crippen LogP contribution in [0.4, 0.5) is 0 Å². The first-order chi connectivity index (χ1) is 7.86. The predicted octanol–water partition coefficient (Wildman–Crippen LogP) is 1.41. The van der Waals surface area contributed by atoms with E-state index in [0.717, 1.165) is 39.3 Å². The average molecular weight is 220 g/mol. The summed E-state index contributed by atoms with van der Waals surface area (Å²) in [4.78, 5) is 2.42. The van der Waals surface area contributed by atoms with E-state index in [0.29, 0.717) is 0 Å². The second-order valence-electron chi connectivity index (χ2n) is 4.26. The van der Waals surface area contributed by atoms with Crippen LogP contribution >= 0.6 is 0 Å². The van der Waals surface area contributed by atoms with Gasteiger partial charge in [0.05, 0.1) is 13.2 Å². The Kier molecular flexibility index (Phi) is 4.34. The van der Waals surface area contributed by atoms with Crippen LogP contribution in [0.15, 0.2) is 30.3 Å². The summed E-state index contributed by atoms with van der Waals surface area (Å²) in [5.41, 5.74) is 7.39. The van der Waals surface area contributed by atoms with Gasteiger partial charge in [0.2, 0.25) is 0 Å². The molecule has 0 saturated carbocycles. The summed E-state index contributed by atoms with van der Waals surface area (Å²) in [5, 5.41) is 0. The van der Waals surface area contributed by atoms with Gasteiger partial charge in [-0.05, 0) is 12.0 Å². The fourth-order valence-corrected chi connectivity index (χ4v) is 2.01. The highest BCUT2D eigenvalue weighted by Crippen LogP contribution is 2.14. The fraction of sp³-hybridized carbons (Fsp3) is 0.538. The summed E-state index contributed by atoms with van der Waals surface area (Å²) in [5.74, 6) is 0. The van der Waals surface area contributed by atoms with Crippen molar-refractivity contribution in [2.24, 2.45) is 5.73 Å². The number of nitrogens with two attached hydrogens (primary N) is 1. The van der Waals surface area contributed by atoms with Crippen molar-refractivity contribution < 1.29 is 4.74 Å². The standard InChI is InChI=1S/C13H20N2O/c14-13(12-4-2-1-3-5-12)6-7-15-8-10-16-11-9-15/h1-5,13H,6-11,14H2/t13-/m1/s1. The largest absolute Gasteiger partial charge is 0.379 e. The minimum absolute atomic E-state index is 0.157. The number of benzene rings is 1. The Balaban J connectivity index is 1.77. The first kappa shape index (κ1) is 11.6. The number of rotatable bonds is 4. The van der Waals surface area contributed by atoms with Crippen molar-refractivity contribution in [2.45, 2.75) is 12.5 Å². The van der Waals surface area contributed by atoms with Gasteiger partial charge in [0.15, 0.2) is 0 Å². The van der Waals surface area contributed by atoms with Crippen LogP contribution < -0.4 is 5.73 Å². The number of hydrogen-bond acceptors (Lipinski definition) is 3. The maximum absolute atomic E-state index is 6.15. The van der Waals surface area contributed by atoms with Gasteiger partial charge in [-0.2, -0.15) is 0 Å². The van der Waals surface area contributed by atoms with Crippen LogP contribution in [-0.2, 0) is 4.74 Å². The molecule has 1 aliphatic heterocycles. The molecular formula is C13H20N2O. The van der Waals surface area contributed by atoms with E-state index in [2.05, 4.69) is 17.0 Å². The molecule has 0 radical (unpaired) electrons. The molecule has 0 bridgehead atoms. The molecule has 88 valence electrons. The van der Waals surface area contributed by atoms with E-state index in [1.54, 1.807) is 0 Å². The third-order valence-electron chi connectivity index (χ3n) is 3.09. The highest BCUT2D eigenvalue weighted by atomic mass is 16.5. The second kappa shape index (κ2) is 5.99. The Labute approximate surface area is 97.2 Å². The molecule has 0 aliphatic carbocycles. The summed E-state index contributed by atoms with van der Waals surface area (Å²) in [6.07, 6.45) is 1.02. The van der Waals surface area contributed by atoms with Crippen LogP contribution in [0.25, 0.3) is 0 Å². The summed E-state index contributed by atoms with van der Waals surface area (Å²) in [6, 6.07) is 10.5. The number of nitrogens with zero attached hydrogens (tertiary/aromatic N) is 1. The molecule has 3 heteroatoms. The highest BCUT2D eigenvalue weighted by Gasteiger charge is 2.12. The molecule has 1 saturated heterocycles. The quantitative estimate of drug-likeness (QED) is 0.833. The maximum atomic E-state index is 6.15. The highest BCUT2D eigenvalue weighted by molar-refractivity contribution is 5.18. The number of morpholine rings is 1. The van der Waals surface area contributed by atoms with Crippen molar-refractivity contribution in [3.05, 3.63) is 35.9 Å². The smallest absolute Gasteiger partial charge is 0.0594 e. The lowest BCUT2D eigenvalue weighted by Gasteiger charge is -2.27. The third kappa shape index (κ3) is 3.30. The van der Waals surface area contributed by atoms with Crippen molar-refractivity contribution in [3.8, 4) is 0 Å². The monoisotopic (exact) mass is 220 g/mol. The van der Waals surface area contributed by atoms with Gasteiger partial charge >= 0.3 is 0 Å². The molecule has 1 fully saturated rings. The van der Waals surface area contributed by atoms with E-state index >= 15 is 0 Å². The number of ether oxygens (including phenoxy) is 1. The normalized spacial score (nSPS) is 19.6. The lowest BCUT2D eigenvalue weighted by atomic mass is 10.0. The van der Waals surface area contributed by atoms with Crippen LogP contribution in [0, 0.1) is 0 Å². The molecule has 1 aromatic rings. The van der Waals surface area contributed by atoms with Gasteiger partial charge in [-0.3, -0.25) is 4.90 Å². The molecule has 0 aromatic heterocycles. The van der Waals surface area contributed by atoms with Crippen molar-refractivity contribution >= 4 is 0 Å². The zero-order valence-corrected chi connectivity index (χ0v) is 9.64. The summed E-state index contributed by atoms with van der Waals surface area (Å²) in [7, 11) is 0. The Morgan fingerprint density at radius 1 is 1.19 bits per heavy atom. The molecule has 2 rings (SSSR count). The van der Waals surface area contributed by atoms with Crippen LogP contribution in [0.5, 0.6) is 0 Å². The van der Waals surface area contributed by atoms with Gasteiger partial charge < -0.3 is 10.5 Å². The topological polar surface area (TPSA) is 38.5 Å². The van der Waals surface area contributed by atoms with Gasteiger partial charge in [0.25, 0.3) is 0 Å². The molecule has 16 heavy (non-hydrogen) atoms. The molecule has 1 atom stereocenters. The van der Waals surface area contributed by atoms with Crippen LogP contribution in [0.1, 0.15) is 18.0 Å². The van der Waals surface area contributed by atoms with E-state index in [4.69, 9.17) is 10.5 Å². The predicted molar refractivity (Wildman–Crippen MR) is 65.2 cm³/mol. The second-order valence-corrected chi connectivity index (χ2v) is 4.26. The summed E-state index contributed by atoms with van der Waals surface area (Å²) < 4.78 is 5.32. The molecular weight excluding hydrogens is 200 g/mol. The van der Waals surface area contributed by atoms with Crippen molar-refractivity contribution in [3.63, 3.8) is 0 Å². The maximum Gasteiger partial charge on any atom is 0.0594 e. The minimum atomic E-state index is 0.157. The molecule has 1 heterocycles. The first-order valence-electron chi connectivity index (χ1n) is 5.97. The molecule has 3 nitrogen and oxygen atoms in total. The SMILES string of the molecule is N[C@H](CCN1CCOCC1)c1ccccc1. The Bertz CT molecular complexity index is 296. The lowest BCUT2D eigenvalue weighted by Crippen LogP contribution is -2.37. The zero-order chi connectivity index (χ0) is 11.2. The van der Waals surface area contributed by atoms with Crippen LogP contribution in [0.3, 0.4) is 0 Å².